The van der Waals surface area contributed by atoms with Gasteiger partial charge < -0.3 is 0 Å². The van der Waals surface area contributed by atoms with Gasteiger partial charge in [-0.1, -0.05) is 23.8 Å². The zero-order valence-electron chi connectivity index (χ0n) is 11.2. The fourth-order valence-corrected chi connectivity index (χ4v) is 1.95. The molecule has 104 valence electrons. The summed E-state index contributed by atoms with van der Waals surface area (Å²) < 4.78 is 3.19. The summed E-state index contributed by atoms with van der Waals surface area (Å²) in [6.07, 6.45) is 4.78. The van der Waals surface area contributed by atoms with Crippen molar-refractivity contribution >= 4 is 5.69 Å². The molecule has 2 heterocycles. The van der Waals surface area contributed by atoms with E-state index in [4.69, 9.17) is 0 Å². The van der Waals surface area contributed by atoms with Gasteiger partial charge in [0.15, 0.2) is 5.82 Å². The Morgan fingerprint density at radius 1 is 1.24 bits per heavy atom. The number of pyridine rings is 1. The van der Waals surface area contributed by atoms with Crippen molar-refractivity contribution in [3.63, 3.8) is 0 Å². The number of nitro benzene ring substituents is 1. The molecule has 7 nitrogen and oxygen atoms in total. The molecule has 21 heavy (non-hydrogen) atoms. The number of rotatable bonds is 3. The molecule has 1 aromatic carbocycles. The summed E-state index contributed by atoms with van der Waals surface area (Å²) in [6, 6.07) is 11.8. The summed E-state index contributed by atoms with van der Waals surface area (Å²) in [5.41, 5.74) is 1.57. The minimum Gasteiger partial charge on any atom is -0.258 e. The van der Waals surface area contributed by atoms with Gasteiger partial charge in [-0.25, -0.2) is 4.68 Å². The Balaban J connectivity index is 2.00. The molecule has 0 aliphatic carbocycles. The average molecular weight is 281 g/mol. The highest BCUT2D eigenvalue weighted by atomic mass is 16.6. The second-order valence-electron chi connectivity index (χ2n) is 4.38. The molecule has 0 N–H and O–H groups in total. The van der Waals surface area contributed by atoms with Crippen LogP contribution in [0.3, 0.4) is 0 Å². The van der Waals surface area contributed by atoms with E-state index in [2.05, 4.69) is 16.4 Å². The molecule has 0 fully saturated rings. The van der Waals surface area contributed by atoms with Gasteiger partial charge in [0.05, 0.1) is 23.9 Å². The van der Waals surface area contributed by atoms with Gasteiger partial charge in [-0.15, -0.1) is 0 Å². The van der Waals surface area contributed by atoms with E-state index in [0.717, 1.165) is 11.3 Å². The maximum absolute atomic E-state index is 10.7. The van der Waals surface area contributed by atoms with Crippen LogP contribution in [0.4, 0.5) is 5.69 Å². The second-order valence-corrected chi connectivity index (χ2v) is 4.38. The van der Waals surface area contributed by atoms with Gasteiger partial charge in [-0.2, -0.15) is 9.67 Å². The van der Waals surface area contributed by atoms with Crippen molar-refractivity contribution in [3.8, 4) is 17.1 Å². The second kappa shape index (κ2) is 5.12. The van der Waals surface area contributed by atoms with E-state index in [1.165, 1.54) is 16.8 Å². The van der Waals surface area contributed by atoms with Crippen LogP contribution < -0.4 is 4.68 Å². The van der Waals surface area contributed by atoms with Crippen LogP contribution in [-0.2, 0) is 7.05 Å². The lowest BCUT2D eigenvalue weighted by atomic mass is 10.1. The fraction of sp³-hybridized carbons (Fsp3) is 0.0714. The molecule has 7 heteroatoms. The molecule has 3 rings (SSSR count). The monoisotopic (exact) mass is 281 g/mol. The molecular weight excluding hydrogens is 270 g/mol. The summed E-state index contributed by atoms with van der Waals surface area (Å²) in [5.74, 6) is 0.654. The molecule has 0 saturated heterocycles. The molecule has 0 atom stereocenters. The minimum atomic E-state index is -0.426. The highest BCUT2D eigenvalue weighted by Gasteiger charge is 2.09. The Bertz CT molecular complexity index is 781. The van der Waals surface area contributed by atoms with E-state index in [1.54, 1.807) is 30.1 Å². The predicted molar refractivity (Wildman–Crippen MR) is 73.5 cm³/mol. The molecule has 0 spiro atoms. The smallest absolute Gasteiger partial charge is 0.258 e. The topological polar surface area (TPSA) is 77.7 Å². The van der Waals surface area contributed by atoms with Gasteiger partial charge in [-0.05, 0) is 12.1 Å². The summed E-state index contributed by atoms with van der Waals surface area (Å²) >= 11 is 0. The molecule has 0 amide bonds. The van der Waals surface area contributed by atoms with Crippen LogP contribution in [-0.4, -0.2) is 19.8 Å². The highest BCUT2D eigenvalue weighted by molar-refractivity contribution is 5.59. The van der Waals surface area contributed by atoms with Crippen LogP contribution in [0.5, 0.6) is 0 Å². The maximum Gasteiger partial charge on any atom is 0.267 e. The first-order valence-electron chi connectivity index (χ1n) is 6.20. The average Bonchev–Trinajstić information content (AvgIpc) is 2.90. The normalized spacial score (nSPS) is 10.5. The lowest BCUT2D eigenvalue weighted by Crippen LogP contribution is -2.34. The van der Waals surface area contributed by atoms with Gasteiger partial charge >= 0.3 is 0 Å². The van der Waals surface area contributed by atoms with E-state index in [1.807, 2.05) is 18.2 Å². The third kappa shape index (κ3) is 2.48. The Hall–Kier alpha value is -3.09. The number of nitro groups is 1. The SMILES string of the molecule is Cn1n[n+](-c2ccccn2)[c-]c1-c1ccc([N+](=O)[O-])cc1. The molecular formula is C14H11N5O2. The van der Waals surface area contributed by atoms with Crippen LogP contribution in [0.25, 0.3) is 17.1 Å². The molecule has 0 aliphatic heterocycles. The first kappa shape index (κ1) is 12.9. The lowest BCUT2D eigenvalue weighted by Gasteiger charge is -2.02. The van der Waals surface area contributed by atoms with Gasteiger partial charge in [0.25, 0.3) is 5.69 Å². The van der Waals surface area contributed by atoms with E-state index in [9.17, 15) is 10.1 Å². The minimum absolute atomic E-state index is 0.0542. The van der Waals surface area contributed by atoms with E-state index in [-0.39, 0.29) is 5.69 Å². The number of hydrogen-bond donors (Lipinski definition) is 0. The fourth-order valence-electron chi connectivity index (χ4n) is 1.95. The first-order chi connectivity index (χ1) is 10.1. The lowest BCUT2D eigenvalue weighted by molar-refractivity contribution is -0.668. The molecule has 0 aliphatic rings. The molecule has 0 unspecified atom stereocenters. The Labute approximate surface area is 120 Å². The van der Waals surface area contributed by atoms with Crippen LogP contribution in [0.15, 0.2) is 48.7 Å². The van der Waals surface area contributed by atoms with Gasteiger partial charge in [0.1, 0.15) is 0 Å². The van der Waals surface area contributed by atoms with Gasteiger partial charge in [0.2, 0.25) is 0 Å². The summed E-state index contributed by atoms with van der Waals surface area (Å²) in [6.45, 7) is 0. The van der Waals surface area contributed by atoms with Crippen molar-refractivity contribution in [2.75, 3.05) is 0 Å². The van der Waals surface area contributed by atoms with Crippen molar-refractivity contribution in [3.05, 3.63) is 65.0 Å². The summed E-state index contributed by atoms with van der Waals surface area (Å²) in [7, 11) is 1.78. The van der Waals surface area contributed by atoms with Crippen molar-refractivity contribution in [2.45, 2.75) is 0 Å². The van der Waals surface area contributed by atoms with Crippen molar-refractivity contribution in [2.24, 2.45) is 7.05 Å². The van der Waals surface area contributed by atoms with Crippen molar-refractivity contribution in [1.29, 1.82) is 0 Å². The van der Waals surface area contributed by atoms with Gasteiger partial charge in [0, 0.05) is 23.5 Å². The zero-order valence-corrected chi connectivity index (χ0v) is 11.2. The number of aryl methyl sites for hydroxylation is 1. The number of non-ortho nitro benzene ring substituents is 1. The third-order valence-corrected chi connectivity index (χ3v) is 2.98. The highest BCUT2D eigenvalue weighted by Crippen LogP contribution is 2.20. The molecule has 3 aromatic rings. The maximum atomic E-state index is 10.7. The predicted octanol–water partition coefficient (Wildman–Crippen LogP) is 1.47. The van der Waals surface area contributed by atoms with Crippen LogP contribution >= 0.6 is 0 Å². The van der Waals surface area contributed by atoms with E-state index < -0.39 is 4.92 Å². The summed E-state index contributed by atoms with van der Waals surface area (Å²) in [4.78, 5) is 14.4. The molecule has 0 bridgehead atoms. The standard InChI is InChI=1S/C14H11N5O2/c1-17-13(11-5-7-12(8-6-11)19(20)21)10-18(16-17)14-4-2-3-9-15-14/h2-9H,1H3. The zero-order chi connectivity index (χ0) is 14.8. The molecule has 0 radical (unpaired) electrons. The Kier molecular flexibility index (Phi) is 3.15. The largest absolute Gasteiger partial charge is 0.267 e. The van der Waals surface area contributed by atoms with Crippen LogP contribution in [0.2, 0.25) is 0 Å². The van der Waals surface area contributed by atoms with Crippen LogP contribution in [0, 0.1) is 16.3 Å². The van der Waals surface area contributed by atoms with Crippen molar-refractivity contribution in [1.82, 2.24) is 14.9 Å². The number of benzene rings is 1. The van der Waals surface area contributed by atoms with Crippen molar-refractivity contribution < 1.29 is 9.61 Å². The van der Waals surface area contributed by atoms with Gasteiger partial charge in [-0.3, -0.25) is 10.1 Å². The number of nitrogens with zero attached hydrogens (tertiary/aromatic N) is 5. The Morgan fingerprint density at radius 3 is 2.62 bits per heavy atom. The molecule has 0 saturated carbocycles. The number of aromatic nitrogens is 4. The Morgan fingerprint density at radius 2 is 2.00 bits per heavy atom. The third-order valence-electron chi connectivity index (χ3n) is 2.98. The quantitative estimate of drug-likeness (QED) is 0.315. The van der Waals surface area contributed by atoms with E-state index >= 15 is 0 Å². The molecule has 2 aromatic heterocycles. The summed E-state index contributed by atoms with van der Waals surface area (Å²) in [5, 5.41) is 15.0. The first-order valence-corrected chi connectivity index (χ1v) is 6.20. The van der Waals surface area contributed by atoms with E-state index in [0.29, 0.717) is 5.82 Å². The van der Waals surface area contributed by atoms with Crippen LogP contribution in [0.1, 0.15) is 0 Å². The number of hydrogen-bond acceptors (Lipinski definition) is 4.